The number of ether oxygens (including phenoxy) is 3. The van der Waals surface area contributed by atoms with Gasteiger partial charge in [-0.3, -0.25) is 0 Å². The molecule has 0 spiro atoms. The van der Waals surface area contributed by atoms with Crippen molar-refractivity contribution in [3.8, 4) is 28.4 Å². The standard InChI is InChI=1S/C31H34F4O3/c1-3-5-18-37-23-12-10-22(11-13-23)25-15-14-24(28(32)29(25)33)21-8-6-20(7-9-21)19-38-27-17-16-26(36-4-2)30(34)31(27)35/h10-17,20-21H,3-9,18-19H2,1-2H3. The van der Waals surface area contributed by atoms with Crippen molar-refractivity contribution in [1.29, 1.82) is 0 Å². The number of hydrogen-bond acceptors (Lipinski definition) is 3. The number of halogens is 4. The molecule has 0 N–H and O–H groups in total. The fourth-order valence-corrected chi connectivity index (χ4v) is 4.91. The Labute approximate surface area is 221 Å². The minimum atomic E-state index is -1.07. The molecule has 0 radical (unpaired) electrons. The monoisotopic (exact) mass is 530 g/mol. The molecule has 0 heterocycles. The molecular formula is C31H34F4O3. The zero-order valence-corrected chi connectivity index (χ0v) is 21.9. The number of unbranched alkanes of at least 4 members (excludes halogenated alkanes) is 1. The normalized spacial score (nSPS) is 17.3. The molecule has 38 heavy (non-hydrogen) atoms. The van der Waals surface area contributed by atoms with E-state index in [2.05, 4.69) is 6.92 Å². The second-order valence-electron chi connectivity index (χ2n) is 9.71. The molecule has 4 rings (SSSR count). The lowest BCUT2D eigenvalue weighted by Crippen LogP contribution is -2.20. The van der Waals surface area contributed by atoms with Crippen molar-refractivity contribution in [1.82, 2.24) is 0 Å². The summed E-state index contributed by atoms with van der Waals surface area (Å²) in [6.07, 6.45) is 4.75. The van der Waals surface area contributed by atoms with Crippen LogP contribution < -0.4 is 14.2 Å². The molecule has 0 aromatic heterocycles. The highest BCUT2D eigenvalue weighted by atomic mass is 19.2. The predicted molar refractivity (Wildman–Crippen MR) is 140 cm³/mol. The lowest BCUT2D eigenvalue weighted by atomic mass is 9.78. The molecule has 3 aromatic carbocycles. The first kappa shape index (κ1) is 27.8. The van der Waals surface area contributed by atoms with Gasteiger partial charge in [-0.15, -0.1) is 0 Å². The van der Waals surface area contributed by atoms with Gasteiger partial charge in [0.2, 0.25) is 11.6 Å². The van der Waals surface area contributed by atoms with E-state index in [1.807, 2.05) is 0 Å². The summed E-state index contributed by atoms with van der Waals surface area (Å²) in [5.74, 6) is -3.38. The van der Waals surface area contributed by atoms with Crippen LogP contribution in [0.25, 0.3) is 11.1 Å². The summed E-state index contributed by atoms with van der Waals surface area (Å²) in [7, 11) is 0. The Morgan fingerprint density at radius 2 is 1.34 bits per heavy atom. The van der Waals surface area contributed by atoms with Gasteiger partial charge in [-0.25, -0.2) is 8.78 Å². The van der Waals surface area contributed by atoms with Gasteiger partial charge in [-0.05, 0) is 86.3 Å². The SMILES string of the molecule is CCCCOc1ccc(-c2ccc(C3CCC(COc4ccc(OCC)c(F)c4F)CC3)c(F)c2F)cc1. The molecule has 0 amide bonds. The Hall–Kier alpha value is -3.22. The first-order valence-electron chi connectivity index (χ1n) is 13.4. The van der Waals surface area contributed by atoms with Gasteiger partial charge in [0.15, 0.2) is 23.1 Å². The maximum atomic E-state index is 15.1. The summed E-state index contributed by atoms with van der Waals surface area (Å²) in [6.45, 7) is 4.86. The highest BCUT2D eigenvalue weighted by Crippen LogP contribution is 2.39. The van der Waals surface area contributed by atoms with Crippen LogP contribution in [-0.4, -0.2) is 19.8 Å². The zero-order valence-electron chi connectivity index (χ0n) is 21.9. The molecule has 0 bridgehead atoms. The largest absolute Gasteiger partial charge is 0.494 e. The summed E-state index contributed by atoms with van der Waals surface area (Å²) >= 11 is 0. The van der Waals surface area contributed by atoms with E-state index < -0.39 is 23.3 Å². The van der Waals surface area contributed by atoms with Crippen LogP contribution in [0.5, 0.6) is 17.2 Å². The van der Waals surface area contributed by atoms with Crippen LogP contribution in [0.15, 0.2) is 48.5 Å². The first-order valence-corrected chi connectivity index (χ1v) is 13.4. The Morgan fingerprint density at radius 3 is 1.97 bits per heavy atom. The van der Waals surface area contributed by atoms with Crippen molar-refractivity contribution in [2.45, 2.75) is 58.3 Å². The first-order chi connectivity index (χ1) is 18.4. The van der Waals surface area contributed by atoms with Gasteiger partial charge in [0, 0.05) is 5.56 Å². The number of hydrogen-bond donors (Lipinski definition) is 0. The van der Waals surface area contributed by atoms with Crippen molar-refractivity contribution >= 4 is 0 Å². The molecule has 3 aromatic rings. The molecule has 1 aliphatic carbocycles. The maximum absolute atomic E-state index is 15.1. The van der Waals surface area contributed by atoms with Crippen LogP contribution in [0.3, 0.4) is 0 Å². The topological polar surface area (TPSA) is 27.7 Å². The summed E-state index contributed by atoms with van der Waals surface area (Å²) in [6, 6.07) is 13.1. The molecule has 0 saturated heterocycles. The van der Waals surface area contributed by atoms with E-state index in [9.17, 15) is 8.78 Å². The van der Waals surface area contributed by atoms with E-state index in [0.29, 0.717) is 49.2 Å². The lowest BCUT2D eigenvalue weighted by molar-refractivity contribution is 0.191. The Balaban J connectivity index is 1.34. The van der Waals surface area contributed by atoms with Crippen molar-refractivity contribution in [2.24, 2.45) is 5.92 Å². The molecule has 1 aliphatic rings. The van der Waals surface area contributed by atoms with E-state index in [0.717, 1.165) is 12.8 Å². The minimum absolute atomic E-state index is 0.108. The van der Waals surface area contributed by atoms with Gasteiger partial charge in [0.25, 0.3) is 0 Å². The summed E-state index contributed by atoms with van der Waals surface area (Å²) in [4.78, 5) is 0. The molecule has 204 valence electrons. The molecule has 1 saturated carbocycles. The molecule has 0 atom stereocenters. The molecule has 0 unspecified atom stereocenters. The van der Waals surface area contributed by atoms with E-state index in [4.69, 9.17) is 14.2 Å². The van der Waals surface area contributed by atoms with Gasteiger partial charge in [0.05, 0.1) is 19.8 Å². The van der Waals surface area contributed by atoms with E-state index in [1.54, 1.807) is 43.3 Å². The fourth-order valence-electron chi connectivity index (χ4n) is 4.91. The van der Waals surface area contributed by atoms with Gasteiger partial charge in [0.1, 0.15) is 5.75 Å². The van der Waals surface area contributed by atoms with Crippen LogP contribution in [0.1, 0.15) is 63.9 Å². The predicted octanol–water partition coefficient (Wildman–Crippen LogP) is 8.84. The van der Waals surface area contributed by atoms with Crippen LogP contribution in [-0.2, 0) is 0 Å². The third-order valence-corrected chi connectivity index (χ3v) is 7.12. The average Bonchev–Trinajstić information content (AvgIpc) is 2.93. The third kappa shape index (κ3) is 6.43. The van der Waals surface area contributed by atoms with E-state index >= 15 is 8.78 Å². The quantitative estimate of drug-likeness (QED) is 0.183. The van der Waals surface area contributed by atoms with Crippen molar-refractivity contribution in [2.75, 3.05) is 19.8 Å². The second-order valence-corrected chi connectivity index (χ2v) is 9.71. The molecular weight excluding hydrogens is 496 g/mol. The Morgan fingerprint density at radius 1 is 0.684 bits per heavy atom. The Bertz CT molecular complexity index is 1200. The van der Waals surface area contributed by atoms with E-state index in [-0.39, 0.29) is 42.1 Å². The maximum Gasteiger partial charge on any atom is 0.204 e. The van der Waals surface area contributed by atoms with Crippen molar-refractivity contribution < 1.29 is 31.8 Å². The van der Waals surface area contributed by atoms with Crippen molar-refractivity contribution in [3.63, 3.8) is 0 Å². The zero-order chi connectivity index (χ0) is 27.1. The summed E-state index contributed by atoms with van der Waals surface area (Å²) in [5, 5.41) is 0. The number of benzene rings is 3. The fraction of sp³-hybridized carbons (Fsp3) is 0.419. The van der Waals surface area contributed by atoms with E-state index in [1.165, 1.54) is 12.1 Å². The van der Waals surface area contributed by atoms with Gasteiger partial charge < -0.3 is 14.2 Å². The second kappa shape index (κ2) is 13.0. The van der Waals surface area contributed by atoms with Gasteiger partial charge in [-0.1, -0.05) is 37.6 Å². The van der Waals surface area contributed by atoms with Crippen LogP contribution in [0.4, 0.5) is 17.6 Å². The minimum Gasteiger partial charge on any atom is -0.494 e. The van der Waals surface area contributed by atoms with Crippen molar-refractivity contribution in [3.05, 3.63) is 77.4 Å². The Kier molecular flexibility index (Phi) is 9.53. The van der Waals surface area contributed by atoms with Gasteiger partial charge in [-0.2, -0.15) is 8.78 Å². The summed E-state index contributed by atoms with van der Waals surface area (Å²) in [5.41, 5.74) is 1.19. The van der Waals surface area contributed by atoms with Gasteiger partial charge >= 0.3 is 0 Å². The van der Waals surface area contributed by atoms with Crippen LogP contribution in [0.2, 0.25) is 0 Å². The smallest absolute Gasteiger partial charge is 0.204 e. The molecule has 1 fully saturated rings. The average molecular weight is 531 g/mol. The highest BCUT2D eigenvalue weighted by Gasteiger charge is 2.27. The lowest BCUT2D eigenvalue weighted by Gasteiger charge is -2.29. The molecule has 0 aliphatic heterocycles. The third-order valence-electron chi connectivity index (χ3n) is 7.12. The molecule has 3 nitrogen and oxygen atoms in total. The summed E-state index contributed by atoms with van der Waals surface area (Å²) < 4.78 is 74.9. The van der Waals surface area contributed by atoms with Crippen LogP contribution >= 0.6 is 0 Å². The highest BCUT2D eigenvalue weighted by molar-refractivity contribution is 5.65. The molecule has 7 heteroatoms. The van der Waals surface area contributed by atoms with Crippen LogP contribution in [0, 0.1) is 29.2 Å². The number of rotatable bonds is 11.